The monoisotopic (exact) mass is 744 g/mol. The van der Waals surface area contributed by atoms with Gasteiger partial charge in [0.15, 0.2) is 11.6 Å². The van der Waals surface area contributed by atoms with Gasteiger partial charge in [0.05, 0.1) is 22.4 Å². The van der Waals surface area contributed by atoms with Crippen LogP contribution in [0.2, 0.25) is 0 Å². The number of aromatic nitrogens is 2. The van der Waals surface area contributed by atoms with Gasteiger partial charge in [-0.25, -0.2) is 9.97 Å². The van der Waals surface area contributed by atoms with Crippen LogP contribution in [0.4, 0.5) is 34.4 Å². The van der Waals surface area contributed by atoms with Crippen LogP contribution in [0.25, 0.3) is 27.9 Å². The summed E-state index contributed by atoms with van der Waals surface area (Å²) < 4.78 is 0. The summed E-state index contributed by atoms with van der Waals surface area (Å²) in [6, 6.07) is 27.9. The van der Waals surface area contributed by atoms with Crippen molar-refractivity contribution in [2.24, 2.45) is 0 Å². The molecule has 0 unspecified atom stereocenters. The van der Waals surface area contributed by atoms with Crippen LogP contribution in [0.3, 0.4) is 0 Å². The Hall–Kier alpha value is -6.16. The first-order valence-electron chi connectivity index (χ1n) is 19.7. The van der Waals surface area contributed by atoms with Gasteiger partial charge in [0, 0.05) is 87.4 Å². The summed E-state index contributed by atoms with van der Waals surface area (Å²) in [5.41, 5.74) is 14.7. The van der Waals surface area contributed by atoms with Gasteiger partial charge in [-0.2, -0.15) is 0 Å². The molecule has 4 aromatic carbocycles. The van der Waals surface area contributed by atoms with E-state index in [1.54, 1.807) is 0 Å². The van der Waals surface area contributed by atoms with Crippen molar-refractivity contribution in [3.63, 3.8) is 0 Å². The number of nitrogens with zero attached hydrogens (tertiary/aromatic N) is 10. The third kappa shape index (κ3) is 5.29. The summed E-state index contributed by atoms with van der Waals surface area (Å²) in [7, 11) is 8.49. The first-order chi connectivity index (χ1) is 27.0. The van der Waals surface area contributed by atoms with E-state index < -0.39 is 0 Å². The van der Waals surface area contributed by atoms with Gasteiger partial charge in [0.25, 0.3) is 0 Å². The molecule has 0 bridgehead atoms. The summed E-state index contributed by atoms with van der Waals surface area (Å²) in [4.78, 5) is 28.4. The average Bonchev–Trinajstić information content (AvgIpc) is 3.89. The lowest BCUT2D eigenvalue weighted by Crippen LogP contribution is -2.38. The fraction of sp³-hybridized carbons (Fsp3) is 0.304. The van der Waals surface area contributed by atoms with Gasteiger partial charge in [-0.15, -0.1) is 0 Å². The zero-order valence-electron chi connectivity index (χ0n) is 34.2. The smallest absolute Gasteiger partial charge is 0.178 e. The van der Waals surface area contributed by atoms with E-state index >= 15 is 0 Å². The lowest BCUT2D eigenvalue weighted by Gasteiger charge is -2.38. The van der Waals surface area contributed by atoms with E-state index in [-0.39, 0.29) is 6.17 Å². The number of anilines is 6. The highest BCUT2D eigenvalue weighted by atomic mass is 15.5. The SMILES string of the molecule is Cc1c(N2C=CN(C)[C@H]2C)ccc2c1N1C(=CN(C)[C@@H]1C)c1ccccc1-2.Cc1c(N2C=CN(C)[C@H]2C)cccc1N1c2nc3ccccc3nc2N(C)[C@@H]1C. The minimum atomic E-state index is 0.130. The largest absolute Gasteiger partial charge is 0.359 e. The van der Waals surface area contributed by atoms with Gasteiger partial charge >= 0.3 is 0 Å². The van der Waals surface area contributed by atoms with E-state index in [1.807, 2.05) is 24.3 Å². The van der Waals surface area contributed by atoms with Gasteiger partial charge in [0.2, 0.25) is 0 Å². The second kappa shape index (κ2) is 13.3. The molecule has 0 saturated carbocycles. The highest BCUT2D eigenvalue weighted by Gasteiger charge is 2.38. The first-order valence-corrected chi connectivity index (χ1v) is 19.7. The van der Waals surface area contributed by atoms with Gasteiger partial charge in [-0.3, -0.25) is 0 Å². The van der Waals surface area contributed by atoms with E-state index in [2.05, 4.69) is 195 Å². The highest BCUT2D eigenvalue weighted by Crippen LogP contribution is 2.51. The number of para-hydroxylation sites is 2. The molecule has 1 aromatic heterocycles. The number of hydrogen-bond donors (Lipinski definition) is 0. The van der Waals surface area contributed by atoms with Gasteiger partial charge in [-0.1, -0.05) is 48.5 Å². The molecule has 286 valence electrons. The maximum atomic E-state index is 5.00. The molecule has 10 rings (SSSR count). The molecular weight excluding hydrogens is 693 g/mol. The predicted octanol–water partition coefficient (Wildman–Crippen LogP) is 9.08. The Morgan fingerprint density at radius 1 is 0.464 bits per heavy atom. The number of benzene rings is 4. The van der Waals surface area contributed by atoms with E-state index in [0.717, 1.165) is 22.7 Å². The molecule has 5 aliphatic heterocycles. The van der Waals surface area contributed by atoms with E-state index in [0.29, 0.717) is 18.5 Å². The van der Waals surface area contributed by atoms with Crippen LogP contribution in [0, 0.1) is 13.8 Å². The number of hydrogen-bond acceptors (Lipinski definition) is 10. The Kier molecular flexibility index (Phi) is 8.41. The van der Waals surface area contributed by atoms with Crippen molar-refractivity contribution in [2.45, 2.75) is 66.2 Å². The summed E-state index contributed by atoms with van der Waals surface area (Å²) in [5.74, 6) is 1.84. The number of rotatable bonds is 3. The van der Waals surface area contributed by atoms with Crippen molar-refractivity contribution < 1.29 is 0 Å². The molecule has 0 saturated heterocycles. The molecule has 10 nitrogen and oxygen atoms in total. The molecule has 0 radical (unpaired) electrons. The van der Waals surface area contributed by atoms with Crippen molar-refractivity contribution in [3.05, 3.63) is 127 Å². The van der Waals surface area contributed by atoms with Crippen molar-refractivity contribution >= 4 is 51.1 Å². The summed E-state index contributed by atoms with van der Waals surface area (Å²) in [6.07, 6.45) is 11.9. The lowest BCUT2D eigenvalue weighted by atomic mass is 9.89. The molecule has 0 fully saturated rings. The molecular formula is C46H52N10. The third-order valence-corrected chi connectivity index (χ3v) is 12.7. The molecule has 5 aromatic rings. The Labute approximate surface area is 331 Å². The van der Waals surface area contributed by atoms with Crippen molar-refractivity contribution in [1.29, 1.82) is 0 Å². The Morgan fingerprint density at radius 3 is 1.66 bits per heavy atom. The maximum Gasteiger partial charge on any atom is 0.178 e. The van der Waals surface area contributed by atoms with E-state index in [4.69, 9.17) is 9.97 Å². The minimum Gasteiger partial charge on any atom is -0.359 e. The van der Waals surface area contributed by atoms with Gasteiger partial charge < -0.3 is 39.2 Å². The zero-order chi connectivity index (χ0) is 39.2. The zero-order valence-corrected chi connectivity index (χ0v) is 34.2. The van der Waals surface area contributed by atoms with Crippen LogP contribution in [-0.4, -0.2) is 77.5 Å². The third-order valence-electron chi connectivity index (χ3n) is 12.7. The van der Waals surface area contributed by atoms with Crippen LogP contribution in [0.1, 0.15) is 44.4 Å². The first kappa shape index (κ1) is 35.5. The fourth-order valence-corrected chi connectivity index (χ4v) is 8.87. The molecule has 0 aliphatic carbocycles. The normalized spacial score (nSPS) is 21.8. The summed E-state index contributed by atoms with van der Waals surface area (Å²) in [5, 5.41) is 0. The van der Waals surface area contributed by atoms with E-state index in [9.17, 15) is 0 Å². The van der Waals surface area contributed by atoms with Crippen molar-refractivity contribution in [2.75, 3.05) is 52.7 Å². The molecule has 56 heavy (non-hydrogen) atoms. The Morgan fingerprint density at radius 2 is 1.04 bits per heavy atom. The molecule has 10 heteroatoms. The standard InChI is InChI=1S/C23H26N6.C23H26N4/c1-15-20(28-14-13-26(4)16(28)2)11-8-12-21(15)29-17(3)27(5)22-23(29)25-19-10-7-6-9-18(19)24-22;1-15-21(26-13-12-24(4)16(26)2)11-10-20-18-8-6-7-9-19(18)22-14-25(5)17(3)27(22)23(15)20/h6-14,16-17H,1-5H3;6-14,16-17H,1-5H3/t2*16-,17+/m11/s1. The fourth-order valence-electron chi connectivity index (χ4n) is 8.87. The molecule has 0 N–H and O–H groups in total. The quantitative estimate of drug-likeness (QED) is 0.179. The van der Waals surface area contributed by atoms with Crippen LogP contribution in [-0.2, 0) is 0 Å². The van der Waals surface area contributed by atoms with Crippen LogP contribution in [0.5, 0.6) is 0 Å². The average molecular weight is 745 g/mol. The molecule has 0 amide bonds. The van der Waals surface area contributed by atoms with Crippen LogP contribution >= 0.6 is 0 Å². The molecule has 4 atom stereocenters. The van der Waals surface area contributed by atoms with E-state index in [1.165, 1.54) is 56.3 Å². The van der Waals surface area contributed by atoms with Crippen molar-refractivity contribution in [3.8, 4) is 11.1 Å². The van der Waals surface area contributed by atoms with Crippen LogP contribution in [0.15, 0.2) is 110 Å². The van der Waals surface area contributed by atoms with Crippen molar-refractivity contribution in [1.82, 2.24) is 24.7 Å². The molecule has 5 aliphatic rings. The lowest BCUT2D eigenvalue weighted by molar-refractivity contribution is 0.381. The minimum absolute atomic E-state index is 0.130. The molecule has 6 heterocycles. The van der Waals surface area contributed by atoms with Gasteiger partial charge in [0.1, 0.15) is 24.7 Å². The predicted molar refractivity (Wildman–Crippen MR) is 233 cm³/mol. The van der Waals surface area contributed by atoms with Crippen LogP contribution < -0.4 is 24.5 Å². The number of fused-ring (bicyclic) bond motifs is 8. The summed E-state index contributed by atoms with van der Waals surface area (Å²) in [6.45, 7) is 13.4. The second-order valence-corrected chi connectivity index (χ2v) is 15.7. The Balaban J connectivity index is 0.000000147. The molecule has 0 spiro atoms. The second-order valence-electron chi connectivity index (χ2n) is 15.7. The topological polar surface area (TPSA) is 51.7 Å². The van der Waals surface area contributed by atoms with Gasteiger partial charge in [-0.05, 0) is 88.6 Å². The summed E-state index contributed by atoms with van der Waals surface area (Å²) >= 11 is 0. The Bertz CT molecular complexity index is 2450. The highest BCUT2D eigenvalue weighted by molar-refractivity contribution is 6.02. The maximum absolute atomic E-state index is 5.00.